The molecule has 0 atom stereocenters. The largest absolute Gasteiger partial charge is 0.490 e. The number of carbonyl (C=O) groups excluding carboxylic acids is 1. The highest BCUT2D eigenvalue weighted by Crippen LogP contribution is 2.22. The van der Waals surface area contributed by atoms with Crippen LogP contribution >= 0.6 is 0 Å². The van der Waals surface area contributed by atoms with Gasteiger partial charge in [0, 0.05) is 0 Å². The van der Waals surface area contributed by atoms with Crippen LogP contribution in [0.2, 0.25) is 0 Å². The first kappa shape index (κ1) is 11.6. The smallest absolute Gasteiger partial charge is 0.178 e. The van der Waals surface area contributed by atoms with Gasteiger partial charge in [-0.15, -0.1) is 0 Å². The summed E-state index contributed by atoms with van der Waals surface area (Å²) in [5.41, 5.74) is -0.580. The fourth-order valence-electron chi connectivity index (χ4n) is 1.10. The second kappa shape index (κ2) is 5.44. The third-order valence-electron chi connectivity index (χ3n) is 1.96. The highest BCUT2D eigenvalue weighted by molar-refractivity contribution is 5.76. The van der Waals surface area contributed by atoms with Gasteiger partial charge in [0.15, 0.2) is 17.9 Å². The minimum atomic E-state index is -0.930. The zero-order chi connectivity index (χ0) is 11.3. The third kappa shape index (κ3) is 2.75. The van der Waals surface area contributed by atoms with Gasteiger partial charge in [0.2, 0.25) is 0 Å². The first-order chi connectivity index (χ1) is 7.20. The van der Waals surface area contributed by atoms with Crippen molar-refractivity contribution in [1.82, 2.24) is 0 Å². The second-order valence-electron chi connectivity index (χ2n) is 3.09. The van der Waals surface area contributed by atoms with E-state index in [1.54, 1.807) is 0 Å². The van der Waals surface area contributed by atoms with Crippen molar-refractivity contribution in [3.63, 3.8) is 0 Å². The Kier molecular flexibility index (Phi) is 4.21. The minimum absolute atomic E-state index is 0.0769. The summed E-state index contributed by atoms with van der Waals surface area (Å²) in [6.45, 7) is 2.33. The van der Waals surface area contributed by atoms with Crippen molar-refractivity contribution >= 4 is 6.29 Å². The Morgan fingerprint density at radius 3 is 2.73 bits per heavy atom. The predicted molar refractivity (Wildman–Crippen MR) is 52.1 cm³/mol. The Morgan fingerprint density at radius 2 is 2.13 bits per heavy atom. The maximum atomic E-state index is 13.4. The number of carbonyl (C=O) groups is 1. The molecular formula is C11H12F2O2. The van der Waals surface area contributed by atoms with Crippen LogP contribution in [0.1, 0.15) is 30.1 Å². The summed E-state index contributed by atoms with van der Waals surface area (Å²) in [5, 5.41) is 0. The quantitative estimate of drug-likeness (QED) is 0.556. The van der Waals surface area contributed by atoms with E-state index in [1.165, 1.54) is 6.07 Å². The van der Waals surface area contributed by atoms with Crippen molar-refractivity contribution in [1.29, 1.82) is 0 Å². The number of aldehydes is 1. The van der Waals surface area contributed by atoms with Gasteiger partial charge in [-0.05, 0) is 18.6 Å². The molecule has 1 aromatic rings. The van der Waals surface area contributed by atoms with Gasteiger partial charge < -0.3 is 4.74 Å². The zero-order valence-electron chi connectivity index (χ0n) is 8.43. The molecule has 82 valence electrons. The summed E-state index contributed by atoms with van der Waals surface area (Å²) in [7, 11) is 0. The van der Waals surface area contributed by atoms with Gasteiger partial charge in [0.25, 0.3) is 0 Å². The van der Waals surface area contributed by atoms with Gasteiger partial charge in [-0.1, -0.05) is 13.3 Å². The van der Waals surface area contributed by atoms with E-state index in [-0.39, 0.29) is 12.0 Å². The molecule has 0 bridgehead atoms. The highest BCUT2D eigenvalue weighted by Gasteiger charge is 2.13. The topological polar surface area (TPSA) is 26.3 Å². The number of halogens is 2. The molecule has 1 rings (SSSR count). The monoisotopic (exact) mass is 214 g/mol. The van der Waals surface area contributed by atoms with Crippen LogP contribution in [0.5, 0.6) is 5.75 Å². The van der Waals surface area contributed by atoms with Crippen LogP contribution in [0.25, 0.3) is 0 Å². The fourth-order valence-corrected chi connectivity index (χ4v) is 1.10. The highest BCUT2D eigenvalue weighted by atomic mass is 19.1. The van der Waals surface area contributed by atoms with Crippen molar-refractivity contribution in [3.05, 3.63) is 29.3 Å². The number of ether oxygens (including phenoxy) is 1. The lowest BCUT2D eigenvalue weighted by molar-refractivity contribution is 0.111. The van der Waals surface area contributed by atoms with E-state index in [0.717, 1.165) is 18.9 Å². The molecule has 0 fully saturated rings. The predicted octanol–water partition coefficient (Wildman–Crippen LogP) is 2.96. The number of hydrogen-bond acceptors (Lipinski definition) is 2. The van der Waals surface area contributed by atoms with Crippen LogP contribution in [0.15, 0.2) is 12.1 Å². The van der Waals surface area contributed by atoms with Crippen molar-refractivity contribution < 1.29 is 18.3 Å². The van der Waals surface area contributed by atoms with Gasteiger partial charge in [-0.3, -0.25) is 4.79 Å². The molecule has 0 saturated heterocycles. The Labute approximate surface area is 86.9 Å². The van der Waals surface area contributed by atoms with Gasteiger partial charge in [0.1, 0.15) is 5.82 Å². The Hall–Kier alpha value is -1.45. The van der Waals surface area contributed by atoms with Gasteiger partial charge in [-0.2, -0.15) is 0 Å². The van der Waals surface area contributed by atoms with E-state index >= 15 is 0 Å². The van der Waals surface area contributed by atoms with Crippen LogP contribution < -0.4 is 4.74 Å². The lowest BCUT2D eigenvalue weighted by Gasteiger charge is -2.07. The van der Waals surface area contributed by atoms with E-state index < -0.39 is 17.2 Å². The number of benzene rings is 1. The summed E-state index contributed by atoms with van der Waals surface area (Å²) >= 11 is 0. The molecule has 2 nitrogen and oxygen atoms in total. The average Bonchev–Trinajstić information content (AvgIpc) is 2.22. The second-order valence-corrected chi connectivity index (χ2v) is 3.09. The summed E-state index contributed by atoms with van der Waals surface area (Å²) < 4.78 is 31.3. The zero-order valence-corrected chi connectivity index (χ0v) is 8.43. The lowest BCUT2D eigenvalue weighted by atomic mass is 10.2. The maximum absolute atomic E-state index is 13.4. The molecule has 1 aromatic carbocycles. The Morgan fingerprint density at radius 1 is 1.40 bits per heavy atom. The lowest BCUT2D eigenvalue weighted by Crippen LogP contribution is -2.02. The number of hydrogen-bond donors (Lipinski definition) is 0. The van der Waals surface area contributed by atoms with Gasteiger partial charge in [0.05, 0.1) is 12.2 Å². The molecule has 4 heteroatoms. The van der Waals surface area contributed by atoms with Crippen molar-refractivity contribution in [2.24, 2.45) is 0 Å². The summed E-state index contributed by atoms with van der Waals surface area (Å²) in [5.74, 6) is -1.88. The SMILES string of the molecule is CCCCOc1ccc(F)c(C=O)c1F. The Bertz CT molecular complexity index is 351. The molecule has 0 aliphatic rings. The van der Waals surface area contributed by atoms with E-state index in [9.17, 15) is 13.6 Å². The molecule has 0 unspecified atom stereocenters. The Balaban J connectivity index is 2.85. The molecule has 0 spiro atoms. The van der Waals surface area contributed by atoms with Crippen LogP contribution in [-0.4, -0.2) is 12.9 Å². The molecule has 0 amide bonds. The molecule has 0 aliphatic heterocycles. The third-order valence-corrected chi connectivity index (χ3v) is 1.96. The molecule has 0 heterocycles. The molecule has 15 heavy (non-hydrogen) atoms. The van der Waals surface area contributed by atoms with Gasteiger partial charge >= 0.3 is 0 Å². The summed E-state index contributed by atoms with van der Waals surface area (Å²) in [6, 6.07) is 2.21. The number of unbranched alkanes of at least 4 members (excludes halogenated alkanes) is 1. The molecule has 0 saturated carbocycles. The van der Waals surface area contributed by atoms with Gasteiger partial charge in [-0.25, -0.2) is 8.78 Å². The fraction of sp³-hybridized carbons (Fsp3) is 0.364. The standard InChI is InChI=1S/C11H12F2O2/c1-2-3-6-15-10-5-4-9(12)8(7-14)11(10)13/h4-5,7H,2-3,6H2,1H3. The van der Waals surface area contributed by atoms with E-state index in [0.29, 0.717) is 6.61 Å². The van der Waals surface area contributed by atoms with Crippen LogP contribution in [-0.2, 0) is 0 Å². The van der Waals surface area contributed by atoms with E-state index in [4.69, 9.17) is 4.74 Å². The first-order valence-corrected chi connectivity index (χ1v) is 4.76. The van der Waals surface area contributed by atoms with Crippen LogP contribution in [0.3, 0.4) is 0 Å². The summed E-state index contributed by atoms with van der Waals surface area (Å²) in [6.07, 6.45) is 1.86. The van der Waals surface area contributed by atoms with Crippen LogP contribution in [0, 0.1) is 11.6 Å². The van der Waals surface area contributed by atoms with E-state index in [2.05, 4.69) is 0 Å². The molecule has 0 radical (unpaired) electrons. The average molecular weight is 214 g/mol. The van der Waals surface area contributed by atoms with Crippen molar-refractivity contribution in [2.75, 3.05) is 6.61 Å². The first-order valence-electron chi connectivity index (χ1n) is 4.76. The van der Waals surface area contributed by atoms with Crippen molar-refractivity contribution in [2.45, 2.75) is 19.8 Å². The molecular weight excluding hydrogens is 202 g/mol. The van der Waals surface area contributed by atoms with Crippen LogP contribution in [0.4, 0.5) is 8.78 Å². The van der Waals surface area contributed by atoms with Crippen molar-refractivity contribution in [3.8, 4) is 5.75 Å². The maximum Gasteiger partial charge on any atom is 0.178 e. The van der Waals surface area contributed by atoms with E-state index in [1.807, 2.05) is 6.92 Å². The minimum Gasteiger partial charge on any atom is -0.490 e. The molecule has 0 aliphatic carbocycles. The number of rotatable bonds is 5. The summed E-state index contributed by atoms with van der Waals surface area (Å²) in [4.78, 5) is 10.4. The molecule has 0 aromatic heterocycles. The normalized spacial score (nSPS) is 10.1. The molecule has 0 N–H and O–H groups in total.